The van der Waals surface area contributed by atoms with E-state index in [0.717, 1.165) is 0 Å². The lowest BCUT2D eigenvalue weighted by Crippen LogP contribution is -2.29. The topological polar surface area (TPSA) is 12.0 Å². The van der Waals surface area contributed by atoms with Gasteiger partial charge in [0.15, 0.2) is 0 Å². The highest BCUT2D eigenvalue weighted by atomic mass is 15.0. The molecule has 0 spiro atoms. The zero-order chi connectivity index (χ0) is 10.1. The Hall–Kier alpha value is -1.08. The maximum absolute atomic E-state index is 3.77. The minimum Gasteiger partial charge on any atom is -0.307 e. The number of hydrogen-bond donors (Lipinski definition) is 1. The summed E-state index contributed by atoms with van der Waals surface area (Å²) in [5.74, 6) is 0. The lowest BCUT2D eigenvalue weighted by molar-refractivity contribution is 0.446. The second-order valence-corrected chi connectivity index (χ2v) is 4.60. The molecule has 2 aliphatic rings. The highest BCUT2D eigenvalue weighted by Gasteiger charge is 2.24. The number of aryl methyl sites for hydroxylation is 1. The highest BCUT2D eigenvalue weighted by Crippen LogP contribution is 2.31. The molecule has 0 amide bonds. The van der Waals surface area contributed by atoms with Crippen molar-refractivity contribution in [2.75, 3.05) is 0 Å². The van der Waals surface area contributed by atoms with Gasteiger partial charge in [-0.25, -0.2) is 0 Å². The summed E-state index contributed by atoms with van der Waals surface area (Å²) in [4.78, 5) is 0. The van der Waals surface area contributed by atoms with Crippen LogP contribution in [0.15, 0.2) is 36.4 Å². The summed E-state index contributed by atoms with van der Waals surface area (Å²) in [6.07, 6.45) is 9.51. The van der Waals surface area contributed by atoms with Crippen LogP contribution < -0.4 is 5.32 Å². The fourth-order valence-corrected chi connectivity index (χ4v) is 2.77. The van der Waals surface area contributed by atoms with Crippen LogP contribution in [0, 0.1) is 0 Å². The summed E-state index contributed by atoms with van der Waals surface area (Å²) in [5, 5.41) is 3.77. The zero-order valence-electron chi connectivity index (χ0n) is 8.95. The van der Waals surface area contributed by atoms with E-state index in [9.17, 15) is 0 Å². The molecule has 1 N–H and O–H groups in total. The number of benzene rings is 1. The van der Waals surface area contributed by atoms with Gasteiger partial charge in [0.25, 0.3) is 0 Å². The average molecular weight is 199 g/mol. The van der Waals surface area contributed by atoms with Crippen LogP contribution in [0.25, 0.3) is 0 Å². The van der Waals surface area contributed by atoms with Crippen molar-refractivity contribution in [2.24, 2.45) is 0 Å². The van der Waals surface area contributed by atoms with E-state index in [0.29, 0.717) is 12.1 Å². The van der Waals surface area contributed by atoms with E-state index < -0.39 is 0 Å². The van der Waals surface area contributed by atoms with Crippen molar-refractivity contribution in [3.63, 3.8) is 0 Å². The molecule has 0 saturated heterocycles. The van der Waals surface area contributed by atoms with Crippen molar-refractivity contribution in [3.8, 4) is 0 Å². The van der Waals surface area contributed by atoms with Crippen molar-refractivity contribution in [1.29, 1.82) is 0 Å². The summed E-state index contributed by atoms with van der Waals surface area (Å²) in [5.41, 5.74) is 3.07. The van der Waals surface area contributed by atoms with Gasteiger partial charge in [-0.2, -0.15) is 0 Å². The fourth-order valence-electron chi connectivity index (χ4n) is 2.77. The maximum Gasteiger partial charge on any atom is 0.0328 e. The second-order valence-electron chi connectivity index (χ2n) is 4.60. The number of rotatable bonds is 2. The first-order chi connectivity index (χ1) is 7.43. The number of nitrogens with one attached hydrogen (secondary N) is 1. The Bertz CT molecular complexity index is 373. The molecular weight excluding hydrogens is 182 g/mol. The monoisotopic (exact) mass is 199 g/mol. The van der Waals surface area contributed by atoms with E-state index in [4.69, 9.17) is 0 Å². The summed E-state index contributed by atoms with van der Waals surface area (Å²) < 4.78 is 0. The summed E-state index contributed by atoms with van der Waals surface area (Å²) >= 11 is 0. The Balaban J connectivity index is 1.73. The SMILES string of the molecule is C1=CCC(NC2CCc3ccccc32)C1. The van der Waals surface area contributed by atoms with Crippen molar-refractivity contribution in [1.82, 2.24) is 5.32 Å². The minimum atomic E-state index is 0.603. The molecular formula is C14H17N. The van der Waals surface area contributed by atoms with Crippen LogP contribution in [0.4, 0.5) is 0 Å². The molecule has 1 unspecified atom stereocenters. The molecule has 78 valence electrons. The third-order valence-electron chi connectivity index (χ3n) is 3.58. The lowest BCUT2D eigenvalue weighted by Gasteiger charge is -2.19. The highest BCUT2D eigenvalue weighted by molar-refractivity contribution is 5.34. The Kier molecular flexibility index (Phi) is 2.34. The lowest BCUT2D eigenvalue weighted by atomic mass is 10.1. The van der Waals surface area contributed by atoms with Gasteiger partial charge in [0.05, 0.1) is 0 Å². The maximum atomic E-state index is 3.77. The number of fused-ring (bicyclic) bond motifs is 1. The van der Waals surface area contributed by atoms with Gasteiger partial charge in [0.2, 0.25) is 0 Å². The summed E-state index contributed by atoms with van der Waals surface area (Å²) in [6, 6.07) is 10.1. The predicted octanol–water partition coefficient (Wildman–Crippen LogP) is 2.98. The van der Waals surface area contributed by atoms with E-state index in [1.165, 1.54) is 31.2 Å². The van der Waals surface area contributed by atoms with E-state index >= 15 is 0 Å². The Morgan fingerprint density at radius 1 is 1.07 bits per heavy atom. The second kappa shape index (κ2) is 3.82. The Labute approximate surface area is 91.2 Å². The first kappa shape index (κ1) is 9.17. The standard InChI is InChI=1S/C14H17N/c1-4-8-13-11(5-1)9-10-14(13)15-12-6-2-3-7-12/h1-5,8,12,14-15H,6-7,9-10H2. The molecule has 3 rings (SSSR count). The van der Waals surface area contributed by atoms with Crippen LogP contribution in [0.3, 0.4) is 0 Å². The van der Waals surface area contributed by atoms with Crippen LogP contribution in [-0.4, -0.2) is 6.04 Å². The molecule has 15 heavy (non-hydrogen) atoms. The van der Waals surface area contributed by atoms with Crippen LogP contribution in [0.1, 0.15) is 36.4 Å². The Morgan fingerprint density at radius 3 is 2.73 bits per heavy atom. The van der Waals surface area contributed by atoms with Gasteiger partial charge in [-0.3, -0.25) is 0 Å². The van der Waals surface area contributed by atoms with E-state index in [2.05, 4.69) is 41.7 Å². The van der Waals surface area contributed by atoms with Gasteiger partial charge in [-0.15, -0.1) is 0 Å². The normalized spacial score (nSPS) is 24.7. The first-order valence-electron chi connectivity index (χ1n) is 5.92. The molecule has 0 aromatic heterocycles. The van der Waals surface area contributed by atoms with E-state index in [-0.39, 0.29) is 0 Å². The van der Waals surface area contributed by atoms with Gasteiger partial charge < -0.3 is 5.32 Å². The summed E-state index contributed by atoms with van der Waals surface area (Å²) in [6.45, 7) is 0. The van der Waals surface area contributed by atoms with Crippen LogP contribution in [0.2, 0.25) is 0 Å². The fraction of sp³-hybridized carbons (Fsp3) is 0.429. The summed E-state index contributed by atoms with van der Waals surface area (Å²) in [7, 11) is 0. The van der Waals surface area contributed by atoms with Crippen molar-refractivity contribution in [3.05, 3.63) is 47.5 Å². The smallest absolute Gasteiger partial charge is 0.0328 e. The van der Waals surface area contributed by atoms with Crippen LogP contribution in [0.5, 0.6) is 0 Å². The van der Waals surface area contributed by atoms with Gasteiger partial charge in [0, 0.05) is 12.1 Å². The quantitative estimate of drug-likeness (QED) is 0.722. The first-order valence-corrected chi connectivity index (χ1v) is 5.92. The molecule has 0 radical (unpaired) electrons. The largest absolute Gasteiger partial charge is 0.307 e. The molecule has 0 fully saturated rings. The van der Waals surface area contributed by atoms with E-state index in [1.807, 2.05) is 0 Å². The molecule has 0 saturated carbocycles. The van der Waals surface area contributed by atoms with E-state index in [1.54, 1.807) is 5.56 Å². The van der Waals surface area contributed by atoms with Gasteiger partial charge in [0.1, 0.15) is 0 Å². The van der Waals surface area contributed by atoms with Crippen LogP contribution >= 0.6 is 0 Å². The molecule has 0 heterocycles. The third kappa shape index (κ3) is 1.72. The molecule has 1 nitrogen and oxygen atoms in total. The molecule has 1 aromatic rings. The molecule has 1 atom stereocenters. The Morgan fingerprint density at radius 2 is 1.87 bits per heavy atom. The molecule has 0 aliphatic heterocycles. The molecule has 0 bridgehead atoms. The van der Waals surface area contributed by atoms with Gasteiger partial charge >= 0.3 is 0 Å². The predicted molar refractivity (Wildman–Crippen MR) is 62.8 cm³/mol. The van der Waals surface area contributed by atoms with Crippen molar-refractivity contribution >= 4 is 0 Å². The molecule has 1 heteroatoms. The van der Waals surface area contributed by atoms with Crippen LogP contribution in [-0.2, 0) is 6.42 Å². The van der Waals surface area contributed by atoms with Crippen molar-refractivity contribution < 1.29 is 0 Å². The average Bonchev–Trinajstić information content (AvgIpc) is 2.89. The third-order valence-corrected chi connectivity index (χ3v) is 3.58. The zero-order valence-corrected chi connectivity index (χ0v) is 8.95. The van der Waals surface area contributed by atoms with Crippen molar-refractivity contribution in [2.45, 2.75) is 37.8 Å². The van der Waals surface area contributed by atoms with Gasteiger partial charge in [-0.1, -0.05) is 36.4 Å². The van der Waals surface area contributed by atoms with Gasteiger partial charge in [-0.05, 0) is 36.8 Å². The minimum absolute atomic E-state index is 0.603. The number of hydrogen-bond acceptors (Lipinski definition) is 1. The molecule has 1 aromatic carbocycles. The molecule has 2 aliphatic carbocycles.